The van der Waals surface area contributed by atoms with Crippen molar-refractivity contribution >= 4 is 0 Å². The third-order valence-corrected chi connectivity index (χ3v) is 2.12. The first kappa shape index (κ1) is 14.8. The van der Waals surface area contributed by atoms with Gasteiger partial charge in [-0.05, 0) is 13.5 Å². The Hall–Kier alpha value is -0.160. The number of methoxy groups -OCH3 is 1. The Labute approximate surface area is 93.9 Å². The van der Waals surface area contributed by atoms with Gasteiger partial charge in [0.25, 0.3) is 0 Å². The number of likely N-dealkylation sites (N-methyl/N-ethyl adjacent to an activating group) is 1. The smallest absolute Gasteiger partial charge is 0.0590 e. The fraction of sp³-hybridized carbons (Fsp3) is 1.00. The predicted molar refractivity (Wildman–Crippen MR) is 63.4 cm³/mol. The largest absolute Gasteiger partial charge is 0.383 e. The van der Waals surface area contributed by atoms with Crippen molar-refractivity contribution < 1.29 is 9.47 Å². The molecule has 4 heteroatoms. The number of nitrogens with zero attached hydrogens (tertiary/aromatic N) is 1. The van der Waals surface area contributed by atoms with E-state index in [0.717, 1.165) is 52.4 Å². The van der Waals surface area contributed by atoms with Crippen LogP contribution in [0.5, 0.6) is 0 Å². The molecule has 0 amide bonds. The SMILES string of the molecule is CCCOCCNCCN(C)CCOC. The van der Waals surface area contributed by atoms with E-state index in [1.165, 1.54) is 0 Å². The second kappa shape index (κ2) is 11.9. The first-order valence-corrected chi connectivity index (χ1v) is 5.77. The Morgan fingerprint density at radius 3 is 2.53 bits per heavy atom. The van der Waals surface area contributed by atoms with Gasteiger partial charge in [-0.2, -0.15) is 0 Å². The first-order valence-electron chi connectivity index (χ1n) is 5.77. The van der Waals surface area contributed by atoms with Crippen molar-refractivity contribution in [2.24, 2.45) is 0 Å². The molecule has 1 N–H and O–H groups in total. The van der Waals surface area contributed by atoms with E-state index < -0.39 is 0 Å². The highest BCUT2D eigenvalue weighted by Crippen LogP contribution is 1.81. The highest BCUT2D eigenvalue weighted by Gasteiger charge is 1.96. The molecule has 0 aliphatic heterocycles. The van der Waals surface area contributed by atoms with Gasteiger partial charge in [-0.1, -0.05) is 6.92 Å². The Morgan fingerprint density at radius 1 is 1.07 bits per heavy atom. The third-order valence-electron chi connectivity index (χ3n) is 2.12. The van der Waals surface area contributed by atoms with E-state index in [1.54, 1.807) is 7.11 Å². The van der Waals surface area contributed by atoms with E-state index in [0.29, 0.717) is 0 Å². The lowest BCUT2D eigenvalue weighted by molar-refractivity contribution is 0.134. The molecule has 0 aromatic rings. The normalized spacial score (nSPS) is 11.2. The summed E-state index contributed by atoms with van der Waals surface area (Å²) in [6.07, 6.45) is 1.10. The summed E-state index contributed by atoms with van der Waals surface area (Å²) in [6, 6.07) is 0. The molecule has 0 atom stereocenters. The maximum Gasteiger partial charge on any atom is 0.0590 e. The Kier molecular flexibility index (Phi) is 11.8. The first-order chi connectivity index (χ1) is 7.31. The average Bonchev–Trinajstić information content (AvgIpc) is 2.25. The van der Waals surface area contributed by atoms with E-state index in [9.17, 15) is 0 Å². The van der Waals surface area contributed by atoms with Crippen LogP contribution in [0.2, 0.25) is 0 Å². The number of nitrogens with one attached hydrogen (secondary N) is 1. The van der Waals surface area contributed by atoms with Crippen LogP contribution in [0.3, 0.4) is 0 Å². The zero-order valence-electron chi connectivity index (χ0n) is 10.4. The summed E-state index contributed by atoms with van der Waals surface area (Å²) in [7, 11) is 3.84. The van der Waals surface area contributed by atoms with Crippen molar-refractivity contribution in [1.29, 1.82) is 0 Å². The molecule has 0 spiro atoms. The van der Waals surface area contributed by atoms with E-state index in [4.69, 9.17) is 9.47 Å². The van der Waals surface area contributed by atoms with Crippen LogP contribution in [0.25, 0.3) is 0 Å². The van der Waals surface area contributed by atoms with Crippen molar-refractivity contribution in [1.82, 2.24) is 10.2 Å². The van der Waals surface area contributed by atoms with Gasteiger partial charge in [0.1, 0.15) is 0 Å². The molecule has 0 saturated heterocycles. The van der Waals surface area contributed by atoms with Crippen LogP contribution in [-0.4, -0.2) is 65.1 Å². The van der Waals surface area contributed by atoms with Crippen LogP contribution in [0.15, 0.2) is 0 Å². The lowest BCUT2D eigenvalue weighted by Gasteiger charge is -2.16. The van der Waals surface area contributed by atoms with Crippen LogP contribution in [-0.2, 0) is 9.47 Å². The van der Waals surface area contributed by atoms with E-state index in [-0.39, 0.29) is 0 Å². The summed E-state index contributed by atoms with van der Waals surface area (Å²) in [5.74, 6) is 0. The molecule has 0 unspecified atom stereocenters. The van der Waals surface area contributed by atoms with Crippen LogP contribution >= 0.6 is 0 Å². The lowest BCUT2D eigenvalue weighted by Crippen LogP contribution is -2.32. The minimum atomic E-state index is 0.802. The number of rotatable bonds is 11. The van der Waals surface area contributed by atoms with Gasteiger partial charge in [-0.3, -0.25) is 0 Å². The number of hydrogen-bond donors (Lipinski definition) is 1. The topological polar surface area (TPSA) is 33.7 Å². The number of ether oxygens (including phenoxy) is 2. The van der Waals surface area contributed by atoms with Crippen molar-refractivity contribution in [2.45, 2.75) is 13.3 Å². The van der Waals surface area contributed by atoms with Crippen LogP contribution in [0.4, 0.5) is 0 Å². The number of hydrogen-bond acceptors (Lipinski definition) is 4. The van der Waals surface area contributed by atoms with Gasteiger partial charge >= 0.3 is 0 Å². The van der Waals surface area contributed by atoms with Gasteiger partial charge in [0.05, 0.1) is 13.2 Å². The van der Waals surface area contributed by atoms with Gasteiger partial charge in [-0.15, -0.1) is 0 Å². The van der Waals surface area contributed by atoms with Gasteiger partial charge in [-0.25, -0.2) is 0 Å². The Bertz CT molecular complexity index is 123. The summed E-state index contributed by atoms with van der Waals surface area (Å²) >= 11 is 0. The molecule has 0 saturated carbocycles. The molecule has 0 aliphatic carbocycles. The van der Waals surface area contributed by atoms with Crippen LogP contribution in [0.1, 0.15) is 13.3 Å². The molecule has 0 aliphatic rings. The fourth-order valence-electron chi connectivity index (χ4n) is 1.14. The van der Waals surface area contributed by atoms with Crippen molar-refractivity contribution in [3.8, 4) is 0 Å². The molecule has 15 heavy (non-hydrogen) atoms. The van der Waals surface area contributed by atoms with Gasteiger partial charge in [0.15, 0.2) is 0 Å². The van der Waals surface area contributed by atoms with Crippen molar-refractivity contribution in [2.75, 3.05) is 60.2 Å². The standard InChI is InChI=1S/C11H26N2O2/c1-4-9-15-10-6-12-5-7-13(2)8-11-14-3/h12H,4-11H2,1-3H3. The molecule has 0 bridgehead atoms. The van der Waals surface area contributed by atoms with Gasteiger partial charge in [0.2, 0.25) is 0 Å². The quantitative estimate of drug-likeness (QED) is 0.514. The summed E-state index contributed by atoms with van der Waals surface area (Å²) in [4.78, 5) is 2.25. The highest BCUT2D eigenvalue weighted by molar-refractivity contribution is 4.54. The molecular weight excluding hydrogens is 192 g/mol. The van der Waals surface area contributed by atoms with Crippen molar-refractivity contribution in [3.05, 3.63) is 0 Å². The predicted octanol–water partition coefficient (Wildman–Crippen LogP) is 0.581. The van der Waals surface area contributed by atoms with Crippen molar-refractivity contribution in [3.63, 3.8) is 0 Å². The summed E-state index contributed by atoms with van der Waals surface area (Å²) in [6.45, 7) is 8.61. The van der Waals surface area contributed by atoms with Crippen LogP contribution < -0.4 is 5.32 Å². The third kappa shape index (κ3) is 11.8. The summed E-state index contributed by atoms with van der Waals surface area (Å²) in [5, 5.41) is 3.34. The van der Waals surface area contributed by atoms with Gasteiger partial charge in [0, 0.05) is 39.9 Å². The Morgan fingerprint density at radius 2 is 1.87 bits per heavy atom. The molecule has 0 aromatic heterocycles. The minimum absolute atomic E-state index is 0.802. The summed E-state index contributed by atoms with van der Waals surface area (Å²) in [5.41, 5.74) is 0. The maximum absolute atomic E-state index is 5.36. The highest BCUT2D eigenvalue weighted by atomic mass is 16.5. The molecule has 0 radical (unpaired) electrons. The minimum Gasteiger partial charge on any atom is -0.383 e. The molecule has 0 aromatic carbocycles. The molecule has 0 rings (SSSR count). The lowest BCUT2D eigenvalue weighted by atomic mass is 10.5. The zero-order chi connectivity index (χ0) is 11.4. The second-order valence-corrected chi connectivity index (χ2v) is 3.66. The maximum atomic E-state index is 5.36. The van der Waals surface area contributed by atoms with E-state index >= 15 is 0 Å². The van der Waals surface area contributed by atoms with Crippen LogP contribution in [0, 0.1) is 0 Å². The van der Waals surface area contributed by atoms with Gasteiger partial charge < -0.3 is 19.7 Å². The average molecular weight is 218 g/mol. The molecule has 4 nitrogen and oxygen atoms in total. The molecule has 0 fully saturated rings. The van der Waals surface area contributed by atoms with E-state index in [2.05, 4.69) is 24.2 Å². The molecule has 0 heterocycles. The summed E-state index contributed by atoms with van der Waals surface area (Å²) < 4.78 is 10.4. The molecular formula is C11H26N2O2. The fourth-order valence-corrected chi connectivity index (χ4v) is 1.14. The molecule has 92 valence electrons. The monoisotopic (exact) mass is 218 g/mol. The van der Waals surface area contributed by atoms with E-state index in [1.807, 2.05) is 0 Å². The zero-order valence-corrected chi connectivity index (χ0v) is 10.4. The Balaban J connectivity index is 3.02. The second-order valence-electron chi connectivity index (χ2n) is 3.66.